The van der Waals surface area contributed by atoms with Crippen LogP contribution < -0.4 is 4.74 Å². The minimum atomic E-state index is -0.595. The van der Waals surface area contributed by atoms with Crippen LogP contribution in [-0.2, 0) is 12.8 Å². The van der Waals surface area contributed by atoms with E-state index in [1.807, 2.05) is 13.8 Å². The monoisotopic (exact) mass is 275 g/mol. The van der Waals surface area contributed by atoms with Crippen molar-refractivity contribution < 1.29 is 9.84 Å². The Morgan fingerprint density at radius 1 is 1.40 bits per heavy atom. The summed E-state index contributed by atoms with van der Waals surface area (Å²) >= 11 is 0. The van der Waals surface area contributed by atoms with E-state index in [-0.39, 0.29) is 0 Å². The standard InChI is InChI=1S/C17H25NO2/c1-17(2,19)16-4-3-9-18(16)10-7-13-5-6-15-14(12-13)8-11-20-15/h5-6,12,16,19H,3-4,7-11H2,1-2H3/t16-/m1/s1. The minimum Gasteiger partial charge on any atom is -0.493 e. The third kappa shape index (κ3) is 2.84. The fourth-order valence-corrected chi connectivity index (χ4v) is 3.56. The Balaban J connectivity index is 1.62. The highest BCUT2D eigenvalue weighted by Gasteiger charge is 2.35. The summed E-state index contributed by atoms with van der Waals surface area (Å²) in [6.07, 6.45) is 4.41. The van der Waals surface area contributed by atoms with Gasteiger partial charge in [0.2, 0.25) is 0 Å². The van der Waals surface area contributed by atoms with Crippen molar-refractivity contribution in [1.29, 1.82) is 0 Å². The summed E-state index contributed by atoms with van der Waals surface area (Å²) in [7, 11) is 0. The van der Waals surface area contributed by atoms with Gasteiger partial charge in [0.15, 0.2) is 0 Å². The molecule has 110 valence electrons. The van der Waals surface area contributed by atoms with E-state index in [4.69, 9.17) is 4.74 Å². The quantitative estimate of drug-likeness (QED) is 0.916. The topological polar surface area (TPSA) is 32.7 Å². The molecule has 1 atom stereocenters. The van der Waals surface area contributed by atoms with Crippen molar-refractivity contribution in [3.63, 3.8) is 0 Å². The minimum absolute atomic E-state index is 0.306. The molecule has 1 fully saturated rings. The van der Waals surface area contributed by atoms with Gasteiger partial charge in [-0.1, -0.05) is 12.1 Å². The molecule has 0 bridgehead atoms. The Hall–Kier alpha value is -1.06. The van der Waals surface area contributed by atoms with Crippen molar-refractivity contribution in [3.05, 3.63) is 29.3 Å². The molecule has 0 saturated carbocycles. The lowest BCUT2D eigenvalue weighted by Gasteiger charge is -2.33. The van der Waals surface area contributed by atoms with Crippen LogP contribution in [-0.4, -0.2) is 41.3 Å². The highest BCUT2D eigenvalue weighted by molar-refractivity contribution is 5.39. The number of hydrogen-bond donors (Lipinski definition) is 1. The fraction of sp³-hybridized carbons (Fsp3) is 0.647. The fourth-order valence-electron chi connectivity index (χ4n) is 3.56. The average molecular weight is 275 g/mol. The van der Waals surface area contributed by atoms with Crippen molar-refractivity contribution >= 4 is 0 Å². The van der Waals surface area contributed by atoms with Gasteiger partial charge in [0.25, 0.3) is 0 Å². The van der Waals surface area contributed by atoms with Crippen LogP contribution >= 0.6 is 0 Å². The van der Waals surface area contributed by atoms with E-state index in [0.717, 1.165) is 44.7 Å². The Morgan fingerprint density at radius 3 is 3.05 bits per heavy atom. The molecule has 2 aliphatic rings. The van der Waals surface area contributed by atoms with Crippen LogP contribution in [0.1, 0.15) is 37.8 Å². The number of aliphatic hydroxyl groups is 1. The molecule has 0 amide bonds. The van der Waals surface area contributed by atoms with Gasteiger partial charge in [-0.25, -0.2) is 0 Å². The molecule has 3 rings (SSSR count). The van der Waals surface area contributed by atoms with Crippen LogP contribution in [0.25, 0.3) is 0 Å². The number of hydrogen-bond acceptors (Lipinski definition) is 3. The summed E-state index contributed by atoms with van der Waals surface area (Å²) in [5.41, 5.74) is 2.14. The lowest BCUT2D eigenvalue weighted by Crippen LogP contribution is -2.46. The predicted octanol–water partition coefficient (Wildman–Crippen LogP) is 2.40. The predicted molar refractivity (Wildman–Crippen MR) is 80.2 cm³/mol. The highest BCUT2D eigenvalue weighted by Crippen LogP contribution is 2.28. The average Bonchev–Trinajstić information content (AvgIpc) is 3.03. The third-order valence-electron chi connectivity index (χ3n) is 4.62. The van der Waals surface area contributed by atoms with Gasteiger partial charge in [-0.3, -0.25) is 4.90 Å². The number of fused-ring (bicyclic) bond motifs is 1. The van der Waals surface area contributed by atoms with Crippen LogP contribution in [0.2, 0.25) is 0 Å². The zero-order chi connectivity index (χ0) is 14.2. The van der Waals surface area contributed by atoms with Crippen LogP contribution in [0.5, 0.6) is 5.75 Å². The SMILES string of the molecule is CC(C)(O)[C@H]1CCCN1CCc1ccc2c(c1)CCO2. The van der Waals surface area contributed by atoms with E-state index in [2.05, 4.69) is 23.1 Å². The lowest BCUT2D eigenvalue weighted by molar-refractivity contribution is -0.00196. The molecule has 0 aromatic heterocycles. The normalized spacial score (nSPS) is 22.9. The van der Waals surface area contributed by atoms with E-state index < -0.39 is 5.60 Å². The molecule has 0 unspecified atom stereocenters. The van der Waals surface area contributed by atoms with Crippen molar-refractivity contribution in [2.75, 3.05) is 19.7 Å². The van der Waals surface area contributed by atoms with Gasteiger partial charge in [-0.05, 0) is 56.8 Å². The van der Waals surface area contributed by atoms with E-state index in [0.29, 0.717) is 6.04 Å². The number of ether oxygens (including phenoxy) is 1. The zero-order valence-electron chi connectivity index (χ0n) is 12.6. The largest absolute Gasteiger partial charge is 0.493 e. The van der Waals surface area contributed by atoms with E-state index in [9.17, 15) is 5.11 Å². The maximum Gasteiger partial charge on any atom is 0.122 e. The van der Waals surface area contributed by atoms with Gasteiger partial charge in [-0.15, -0.1) is 0 Å². The molecule has 1 N–H and O–H groups in total. The second-order valence-corrected chi connectivity index (χ2v) is 6.64. The summed E-state index contributed by atoms with van der Waals surface area (Å²) in [6, 6.07) is 6.88. The second-order valence-electron chi connectivity index (χ2n) is 6.64. The summed E-state index contributed by atoms with van der Waals surface area (Å²) in [5, 5.41) is 10.3. The number of nitrogens with zero attached hydrogens (tertiary/aromatic N) is 1. The highest BCUT2D eigenvalue weighted by atomic mass is 16.5. The van der Waals surface area contributed by atoms with Crippen LogP contribution in [0.3, 0.4) is 0 Å². The van der Waals surface area contributed by atoms with Crippen LogP contribution in [0, 0.1) is 0 Å². The van der Waals surface area contributed by atoms with Crippen LogP contribution in [0.15, 0.2) is 18.2 Å². The maximum absolute atomic E-state index is 10.3. The van der Waals surface area contributed by atoms with Gasteiger partial charge in [0, 0.05) is 19.0 Å². The van der Waals surface area contributed by atoms with Crippen LogP contribution in [0.4, 0.5) is 0 Å². The molecule has 1 saturated heterocycles. The molecular weight excluding hydrogens is 250 g/mol. The molecule has 3 heteroatoms. The van der Waals surface area contributed by atoms with Crippen molar-refractivity contribution in [3.8, 4) is 5.75 Å². The summed E-state index contributed by atoms with van der Waals surface area (Å²) < 4.78 is 5.55. The van der Waals surface area contributed by atoms with E-state index in [1.54, 1.807) is 0 Å². The number of benzene rings is 1. The maximum atomic E-state index is 10.3. The first-order valence-corrected chi connectivity index (χ1v) is 7.75. The Morgan fingerprint density at radius 2 is 2.25 bits per heavy atom. The lowest BCUT2D eigenvalue weighted by atomic mass is 9.96. The summed E-state index contributed by atoms with van der Waals surface area (Å²) in [4.78, 5) is 2.45. The molecule has 2 aliphatic heterocycles. The Kier molecular flexibility index (Phi) is 3.74. The first kappa shape index (κ1) is 13.9. The smallest absolute Gasteiger partial charge is 0.122 e. The Bertz CT molecular complexity index is 478. The second kappa shape index (κ2) is 5.38. The molecule has 3 nitrogen and oxygen atoms in total. The molecule has 20 heavy (non-hydrogen) atoms. The third-order valence-corrected chi connectivity index (χ3v) is 4.62. The summed E-state index contributed by atoms with van der Waals surface area (Å²) in [6.45, 7) is 6.84. The molecule has 0 spiro atoms. The van der Waals surface area contributed by atoms with Gasteiger partial charge in [-0.2, -0.15) is 0 Å². The van der Waals surface area contributed by atoms with Gasteiger partial charge < -0.3 is 9.84 Å². The summed E-state index contributed by atoms with van der Waals surface area (Å²) in [5.74, 6) is 1.06. The number of likely N-dealkylation sites (tertiary alicyclic amines) is 1. The first-order chi connectivity index (χ1) is 9.54. The van der Waals surface area contributed by atoms with Gasteiger partial charge in [0.1, 0.15) is 5.75 Å². The van der Waals surface area contributed by atoms with E-state index in [1.165, 1.54) is 17.5 Å². The Labute approximate surface area is 121 Å². The van der Waals surface area contributed by atoms with Crippen molar-refractivity contribution in [2.45, 2.75) is 51.2 Å². The van der Waals surface area contributed by atoms with Crippen molar-refractivity contribution in [2.24, 2.45) is 0 Å². The molecule has 2 heterocycles. The van der Waals surface area contributed by atoms with Crippen molar-refractivity contribution in [1.82, 2.24) is 4.90 Å². The molecule has 1 aromatic carbocycles. The molecule has 0 radical (unpaired) electrons. The van der Waals surface area contributed by atoms with Gasteiger partial charge in [0.05, 0.1) is 12.2 Å². The molecule has 1 aromatic rings. The molecule has 0 aliphatic carbocycles. The van der Waals surface area contributed by atoms with Gasteiger partial charge >= 0.3 is 0 Å². The van der Waals surface area contributed by atoms with E-state index >= 15 is 0 Å². The zero-order valence-corrected chi connectivity index (χ0v) is 12.6. The molecular formula is C17H25NO2. The first-order valence-electron chi connectivity index (χ1n) is 7.75. The number of rotatable bonds is 4.